The zero-order chi connectivity index (χ0) is 13.1. The molecule has 1 atom stereocenters. The Morgan fingerprint density at radius 2 is 2.00 bits per heavy atom. The molecule has 1 aromatic rings. The zero-order valence-electron chi connectivity index (χ0n) is 11.0. The van der Waals surface area contributed by atoms with Crippen LogP contribution in [0.1, 0.15) is 44.4 Å². The number of aliphatic hydroxyl groups excluding tert-OH is 1. The van der Waals surface area contributed by atoms with Gasteiger partial charge in [0, 0.05) is 0 Å². The number of ether oxygens (including phenoxy) is 1. The molecule has 17 heavy (non-hydrogen) atoms. The molecule has 2 nitrogen and oxygen atoms in total. The van der Waals surface area contributed by atoms with Crippen LogP contribution in [0.4, 0.5) is 0 Å². The molecule has 1 N–H and O–H groups in total. The highest BCUT2D eigenvalue weighted by atomic mass is 32.1. The lowest BCUT2D eigenvalue weighted by Gasteiger charge is -2.23. The van der Waals surface area contributed by atoms with Gasteiger partial charge in [0.1, 0.15) is 5.75 Å². The number of methoxy groups -OCH3 is 1. The average Bonchev–Trinajstić information content (AvgIpc) is 2.27. The largest absolute Gasteiger partial charge is 0.496 e. The molecule has 96 valence electrons. The maximum Gasteiger partial charge on any atom is 0.122 e. The number of benzene rings is 1. The van der Waals surface area contributed by atoms with Gasteiger partial charge < -0.3 is 9.84 Å². The maximum atomic E-state index is 9.98. The molecular formula is C14H22O2S. The molecule has 1 rings (SSSR count). The van der Waals surface area contributed by atoms with Crippen LogP contribution in [0.2, 0.25) is 0 Å². The third-order valence-corrected chi connectivity index (χ3v) is 3.08. The highest BCUT2D eigenvalue weighted by Crippen LogP contribution is 2.33. The zero-order valence-corrected chi connectivity index (χ0v) is 11.9. The summed E-state index contributed by atoms with van der Waals surface area (Å²) in [5.74, 6) is 1.55. The van der Waals surface area contributed by atoms with Gasteiger partial charge in [-0.25, -0.2) is 0 Å². The minimum atomic E-state index is -0.445. The highest BCUT2D eigenvalue weighted by Gasteiger charge is 2.20. The summed E-state index contributed by atoms with van der Waals surface area (Å²) in [5, 5.41) is 9.98. The van der Waals surface area contributed by atoms with Crippen LogP contribution in [-0.2, 0) is 5.41 Å². The molecule has 0 radical (unpaired) electrons. The molecule has 0 amide bonds. The monoisotopic (exact) mass is 254 g/mol. The third-order valence-electron chi connectivity index (χ3n) is 2.82. The topological polar surface area (TPSA) is 29.5 Å². The van der Waals surface area contributed by atoms with Crippen LogP contribution in [0, 0.1) is 0 Å². The molecule has 0 aliphatic heterocycles. The molecule has 0 bridgehead atoms. The molecule has 0 saturated heterocycles. The first-order valence-electron chi connectivity index (χ1n) is 5.87. The molecule has 0 heterocycles. The van der Waals surface area contributed by atoms with Crippen molar-refractivity contribution in [2.45, 2.75) is 38.7 Å². The molecule has 0 saturated carbocycles. The summed E-state index contributed by atoms with van der Waals surface area (Å²) in [5.41, 5.74) is 2.06. The Morgan fingerprint density at radius 3 is 2.47 bits per heavy atom. The van der Waals surface area contributed by atoms with Gasteiger partial charge in [-0.3, -0.25) is 0 Å². The Hall–Kier alpha value is -0.670. The Kier molecular flexibility index (Phi) is 4.90. The summed E-state index contributed by atoms with van der Waals surface area (Å²) in [6.07, 6.45) is 0.221. The van der Waals surface area contributed by atoms with Crippen LogP contribution < -0.4 is 4.74 Å². The summed E-state index contributed by atoms with van der Waals surface area (Å²) in [7, 11) is 1.67. The molecule has 0 fully saturated rings. The Balaban J connectivity index is 3.13. The second-order valence-corrected chi connectivity index (χ2v) is 5.69. The van der Waals surface area contributed by atoms with Gasteiger partial charge in [-0.1, -0.05) is 26.8 Å². The predicted octanol–water partition coefficient (Wildman–Crippen LogP) is 3.35. The van der Waals surface area contributed by atoms with Crippen LogP contribution in [0.5, 0.6) is 5.75 Å². The van der Waals surface area contributed by atoms with E-state index in [1.807, 2.05) is 18.2 Å². The molecule has 3 heteroatoms. The third kappa shape index (κ3) is 3.65. The van der Waals surface area contributed by atoms with Crippen molar-refractivity contribution in [1.29, 1.82) is 0 Å². The van der Waals surface area contributed by atoms with E-state index in [1.54, 1.807) is 7.11 Å². The first-order chi connectivity index (χ1) is 7.90. The van der Waals surface area contributed by atoms with Crippen molar-refractivity contribution < 1.29 is 9.84 Å². The maximum absolute atomic E-state index is 9.98. The SMILES string of the molecule is COc1ccc(C(O)CCS)cc1C(C)(C)C. The standard InChI is InChI=1S/C14H22O2S/c1-14(2,3)11-9-10(12(15)7-8-17)5-6-13(11)16-4/h5-6,9,12,15,17H,7-8H2,1-4H3. The molecule has 0 spiro atoms. The van der Waals surface area contributed by atoms with Gasteiger partial charge in [0.2, 0.25) is 0 Å². The van der Waals surface area contributed by atoms with Crippen LogP contribution >= 0.6 is 12.6 Å². The average molecular weight is 254 g/mol. The predicted molar refractivity (Wildman–Crippen MR) is 75.1 cm³/mol. The van der Waals surface area contributed by atoms with Crippen LogP contribution in [0.3, 0.4) is 0 Å². The number of aliphatic hydroxyl groups is 1. The van der Waals surface area contributed by atoms with Gasteiger partial charge in [-0.15, -0.1) is 0 Å². The van der Waals surface area contributed by atoms with Gasteiger partial charge in [-0.05, 0) is 40.8 Å². The highest BCUT2D eigenvalue weighted by molar-refractivity contribution is 7.80. The van der Waals surface area contributed by atoms with E-state index < -0.39 is 6.10 Å². The van der Waals surface area contributed by atoms with E-state index in [4.69, 9.17) is 4.74 Å². The summed E-state index contributed by atoms with van der Waals surface area (Å²) in [6.45, 7) is 6.42. The lowest BCUT2D eigenvalue weighted by molar-refractivity contribution is 0.175. The van der Waals surface area contributed by atoms with Crippen molar-refractivity contribution in [3.05, 3.63) is 29.3 Å². The van der Waals surface area contributed by atoms with Crippen molar-refractivity contribution in [3.8, 4) is 5.75 Å². The minimum absolute atomic E-state index is 0.00202. The Bertz CT molecular complexity index is 369. The second kappa shape index (κ2) is 5.78. The van der Waals surface area contributed by atoms with E-state index in [2.05, 4.69) is 33.4 Å². The van der Waals surface area contributed by atoms with Gasteiger partial charge in [-0.2, -0.15) is 12.6 Å². The fourth-order valence-corrected chi connectivity index (χ4v) is 2.05. The number of thiol groups is 1. The van der Waals surface area contributed by atoms with E-state index in [-0.39, 0.29) is 5.41 Å². The summed E-state index contributed by atoms with van der Waals surface area (Å²) < 4.78 is 5.37. The normalized spacial score (nSPS) is 13.5. The smallest absolute Gasteiger partial charge is 0.122 e. The summed E-state index contributed by atoms with van der Waals surface area (Å²) >= 11 is 4.15. The van der Waals surface area contributed by atoms with Crippen LogP contribution in [0.15, 0.2) is 18.2 Å². The first kappa shape index (κ1) is 14.4. The van der Waals surface area contributed by atoms with Crippen molar-refractivity contribution in [1.82, 2.24) is 0 Å². The molecule has 1 unspecified atom stereocenters. The molecule has 1 aromatic carbocycles. The van der Waals surface area contributed by atoms with Gasteiger partial charge in [0.05, 0.1) is 13.2 Å². The second-order valence-electron chi connectivity index (χ2n) is 5.24. The van der Waals surface area contributed by atoms with Crippen molar-refractivity contribution in [3.63, 3.8) is 0 Å². The van der Waals surface area contributed by atoms with Gasteiger partial charge in [0.15, 0.2) is 0 Å². The molecule has 0 aliphatic rings. The number of hydrogen-bond donors (Lipinski definition) is 2. The Labute approximate surface area is 109 Å². The fourth-order valence-electron chi connectivity index (χ4n) is 1.81. The quantitative estimate of drug-likeness (QED) is 0.807. The fraction of sp³-hybridized carbons (Fsp3) is 0.571. The summed E-state index contributed by atoms with van der Waals surface area (Å²) in [6, 6.07) is 5.88. The van der Waals surface area contributed by atoms with Crippen molar-refractivity contribution >= 4 is 12.6 Å². The minimum Gasteiger partial charge on any atom is -0.496 e. The molecule has 0 aliphatic carbocycles. The lowest BCUT2D eigenvalue weighted by Crippen LogP contribution is -2.14. The van der Waals surface area contributed by atoms with Crippen molar-refractivity contribution in [2.75, 3.05) is 12.9 Å². The van der Waals surface area contributed by atoms with E-state index in [0.717, 1.165) is 16.9 Å². The van der Waals surface area contributed by atoms with E-state index in [1.165, 1.54) is 0 Å². The van der Waals surface area contributed by atoms with Crippen LogP contribution in [0.25, 0.3) is 0 Å². The van der Waals surface area contributed by atoms with E-state index >= 15 is 0 Å². The Morgan fingerprint density at radius 1 is 1.35 bits per heavy atom. The molecule has 0 aromatic heterocycles. The van der Waals surface area contributed by atoms with Gasteiger partial charge >= 0.3 is 0 Å². The van der Waals surface area contributed by atoms with Crippen LogP contribution in [-0.4, -0.2) is 18.0 Å². The molecular weight excluding hydrogens is 232 g/mol. The van der Waals surface area contributed by atoms with E-state index in [0.29, 0.717) is 12.2 Å². The lowest BCUT2D eigenvalue weighted by atomic mass is 9.84. The van der Waals surface area contributed by atoms with E-state index in [9.17, 15) is 5.11 Å². The number of hydrogen-bond acceptors (Lipinski definition) is 3. The van der Waals surface area contributed by atoms with Gasteiger partial charge in [0.25, 0.3) is 0 Å². The number of rotatable bonds is 4. The summed E-state index contributed by atoms with van der Waals surface area (Å²) in [4.78, 5) is 0. The first-order valence-corrected chi connectivity index (χ1v) is 6.50. The van der Waals surface area contributed by atoms with Crippen molar-refractivity contribution in [2.24, 2.45) is 0 Å².